The van der Waals surface area contributed by atoms with Crippen molar-refractivity contribution in [3.05, 3.63) is 28.2 Å². The number of benzene rings is 1. The number of hydrogen-bond acceptors (Lipinski definition) is 2. The van der Waals surface area contributed by atoms with Crippen LogP contribution in [-0.4, -0.2) is 11.1 Å². The Morgan fingerprint density at radius 3 is 2.50 bits per heavy atom. The van der Waals surface area contributed by atoms with Crippen LogP contribution >= 0.6 is 15.9 Å². The molecule has 20 heavy (non-hydrogen) atoms. The Morgan fingerprint density at radius 1 is 1.25 bits per heavy atom. The average Bonchev–Trinajstić information content (AvgIpc) is 2.38. The molecule has 3 heteroatoms. The second-order valence-electron chi connectivity index (χ2n) is 6.45. The molecular formula is C17H26BrNO. The van der Waals surface area contributed by atoms with E-state index >= 15 is 0 Å². The summed E-state index contributed by atoms with van der Waals surface area (Å²) in [7, 11) is 0. The number of rotatable bonds is 4. The number of phenolic OH excluding ortho intramolecular Hbond substituents is 1. The van der Waals surface area contributed by atoms with Crippen molar-refractivity contribution < 1.29 is 5.11 Å². The first-order valence-corrected chi connectivity index (χ1v) is 8.53. The molecule has 1 aliphatic carbocycles. The molecule has 2 rings (SSSR count). The van der Waals surface area contributed by atoms with Gasteiger partial charge in [-0.25, -0.2) is 0 Å². The van der Waals surface area contributed by atoms with Crippen LogP contribution in [0.1, 0.15) is 58.1 Å². The van der Waals surface area contributed by atoms with Crippen LogP contribution in [0.3, 0.4) is 0 Å². The van der Waals surface area contributed by atoms with Crippen molar-refractivity contribution in [2.45, 2.75) is 58.5 Å². The van der Waals surface area contributed by atoms with E-state index < -0.39 is 0 Å². The molecule has 0 spiro atoms. The molecule has 1 fully saturated rings. The smallest absolute Gasteiger partial charge is 0.120 e. The van der Waals surface area contributed by atoms with Crippen LogP contribution in [0.2, 0.25) is 0 Å². The number of hydrogen-bond donors (Lipinski definition) is 2. The lowest BCUT2D eigenvalue weighted by atomic mass is 9.80. The zero-order chi connectivity index (χ0) is 14.7. The Kier molecular flexibility index (Phi) is 5.50. The molecule has 0 amide bonds. The molecule has 0 radical (unpaired) electrons. The minimum atomic E-state index is 0.231. The van der Waals surface area contributed by atoms with Crippen molar-refractivity contribution in [2.24, 2.45) is 11.8 Å². The number of aromatic hydroxyl groups is 1. The minimum Gasteiger partial charge on any atom is -0.508 e. The zero-order valence-corrected chi connectivity index (χ0v) is 14.3. The summed E-state index contributed by atoms with van der Waals surface area (Å²) in [4.78, 5) is 0. The van der Waals surface area contributed by atoms with Crippen LogP contribution in [0.25, 0.3) is 0 Å². The second kappa shape index (κ2) is 6.95. The van der Waals surface area contributed by atoms with Crippen LogP contribution < -0.4 is 5.32 Å². The van der Waals surface area contributed by atoms with E-state index in [-0.39, 0.29) is 6.04 Å². The van der Waals surface area contributed by atoms with E-state index in [0.29, 0.717) is 11.8 Å². The summed E-state index contributed by atoms with van der Waals surface area (Å²) >= 11 is 3.50. The highest BCUT2D eigenvalue weighted by Crippen LogP contribution is 2.33. The minimum absolute atomic E-state index is 0.231. The molecule has 3 unspecified atom stereocenters. The van der Waals surface area contributed by atoms with Gasteiger partial charge < -0.3 is 10.4 Å². The Bertz CT molecular complexity index is 439. The maximum atomic E-state index is 10.1. The fourth-order valence-corrected chi connectivity index (χ4v) is 3.98. The third-order valence-electron chi connectivity index (χ3n) is 4.39. The van der Waals surface area contributed by atoms with Gasteiger partial charge in [-0.1, -0.05) is 36.7 Å². The van der Waals surface area contributed by atoms with Gasteiger partial charge in [0, 0.05) is 22.1 Å². The first-order valence-electron chi connectivity index (χ1n) is 7.74. The summed E-state index contributed by atoms with van der Waals surface area (Å²) in [6, 6.07) is 6.49. The Hall–Kier alpha value is -0.540. The van der Waals surface area contributed by atoms with Gasteiger partial charge in [-0.3, -0.25) is 0 Å². The Labute approximate surface area is 131 Å². The summed E-state index contributed by atoms with van der Waals surface area (Å²) < 4.78 is 1.02. The summed E-state index contributed by atoms with van der Waals surface area (Å²) in [6.07, 6.45) is 4.82. The normalized spacial score (nSPS) is 28.3. The molecule has 2 nitrogen and oxygen atoms in total. The second-order valence-corrected chi connectivity index (χ2v) is 7.36. The van der Waals surface area contributed by atoms with Crippen molar-refractivity contribution in [3.63, 3.8) is 0 Å². The Morgan fingerprint density at radius 2 is 1.90 bits per heavy atom. The van der Waals surface area contributed by atoms with Gasteiger partial charge in [0.25, 0.3) is 0 Å². The van der Waals surface area contributed by atoms with Gasteiger partial charge in [0.05, 0.1) is 0 Å². The van der Waals surface area contributed by atoms with Crippen LogP contribution in [0.4, 0.5) is 0 Å². The first kappa shape index (κ1) is 15.8. The summed E-state index contributed by atoms with van der Waals surface area (Å²) in [5.41, 5.74) is 1.01. The van der Waals surface area contributed by atoms with Crippen molar-refractivity contribution in [2.75, 3.05) is 0 Å². The molecule has 1 aliphatic rings. The van der Waals surface area contributed by atoms with Gasteiger partial charge in [0.2, 0.25) is 0 Å². The highest BCUT2D eigenvalue weighted by Gasteiger charge is 2.26. The lowest BCUT2D eigenvalue weighted by molar-refractivity contribution is 0.223. The molecule has 1 aromatic carbocycles. The van der Waals surface area contributed by atoms with E-state index in [4.69, 9.17) is 0 Å². The SMILES string of the molecule is CCC(NC1CC(C)CC(C)C1)c1cc(Br)ccc1O. The van der Waals surface area contributed by atoms with Crippen molar-refractivity contribution in [1.29, 1.82) is 0 Å². The van der Waals surface area contributed by atoms with Crippen LogP contribution in [0, 0.1) is 11.8 Å². The number of phenols is 1. The number of nitrogens with one attached hydrogen (secondary N) is 1. The maximum Gasteiger partial charge on any atom is 0.120 e. The van der Waals surface area contributed by atoms with Crippen molar-refractivity contribution in [3.8, 4) is 5.75 Å². The molecular weight excluding hydrogens is 314 g/mol. The largest absolute Gasteiger partial charge is 0.508 e. The molecule has 0 aliphatic heterocycles. The Balaban J connectivity index is 2.10. The van der Waals surface area contributed by atoms with E-state index in [1.807, 2.05) is 12.1 Å². The highest BCUT2D eigenvalue weighted by molar-refractivity contribution is 9.10. The molecule has 0 saturated heterocycles. The van der Waals surface area contributed by atoms with Gasteiger partial charge in [0.15, 0.2) is 0 Å². The standard InChI is InChI=1S/C17H26BrNO/c1-4-16(15-10-13(18)5-6-17(15)20)19-14-8-11(2)7-12(3)9-14/h5-6,10-12,14,16,19-20H,4,7-9H2,1-3H3. The van der Waals surface area contributed by atoms with Gasteiger partial charge in [-0.15, -0.1) is 0 Å². The average molecular weight is 340 g/mol. The van der Waals surface area contributed by atoms with Crippen molar-refractivity contribution in [1.82, 2.24) is 5.32 Å². The molecule has 0 bridgehead atoms. The van der Waals surface area contributed by atoms with E-state index in [1.54, 1.807) is 6.07 Å². The van der Waals surface area contributed by atoms with E-state index in [0.717, 1.165) is 28.3 Å². The summed E-state index contributed by atoms with van der Waals surface area (Å²) in [5.74, 6) is 1.99. The third kappa shape index (κ3) is 3.98. The number of halogens is 1. The zero-order valence-electron chi connectivity index (χ0n) is 12.7. The molecule has 3 atom stereocenters. The van der Waals surface area contributed by atoms with Crippen LogP contribution in [0.15, 0.2) is 22.7 Å². The monoisotopic (exact) mass is 339 g/mol. The van der Waals surface area contributed by atoms with Crippen molar-refractivity contribution >= 4 is 15.9 Å². The van der Waals surface area contributed by atoms with Gasteiger partial charge >= 0.3 is 0 Å². The molecule has 1 saturated carbocycles. The fourth-order valence-electron chi connectivity index (χ4n) is 3.60. The summed E-state index contributed by atoms with van der Waals surface area (Å²) in [6.45, 7) is 6.87. The maximum absolute atomic E-state index is 10.1. The topological polar surface area (TPSA) is 32.3 Å². The van der Waals surface area contributed by atoms with E-state index in [9.17, 15) is 5.11 Å². The molecule has 0 aromatic heterocycles. The van der Waals surface area contributed by atoms with Gasteiger partial charge in [-0.2, -0.15) is 0 Å². The third-order valence-corrected chi connectivity index (χ3v) is 4.88. The first-order chi connectivity index (χ1) is 9.49. The van der Waals surface area contributed by atoms with Gasteiger partial charge in [0.1, 0.15) is 5.75 Å². The lowest BCUT2D eigenvalue weighted by Crippen LogP contribution is -2.38. The molecule has 2 N–H and O–H groups in total. The van der Waals surface area contributed by atoms with Crippen LogP contribution in [-0.2, 0) is 0 Å². The van der Waals surface area contributed by atoms with E-state index in [2.05, 4.69) is 42.0 Å². The van der Waals surface area contributed by atoms with Crippen LogP contribution in [0.5, 0.6) is 5.75 Å². The lowest BCUT2D eigenvalue weighted by Gasteiger charge is -2.35. The summed E-state index contributed by atoms with van der Waals surface area (Å²) in [5, 5.41) is 13.9. The van der Waals surface area contributed by atoms with E-state index in [1.165, 1.54) is 19.3 Å². The van der Waals surface area contributed by atoms with Gasteiger partial charge in [-0.05, 0) is 55.7 Å². The quantitative estimate of drug-likeness (QED) is 0.807. The molecule has 112 valence electrons. The molecule has 1 aromatic rings. The predicted molar refractivity (Wildman–Crippen MR) is 87.9 cm³/mol. The predicted octanol–water partition coefficient (Wildman–Crippen LogP) is 5.02. The molecule has 0 heterocycles. The highest BCUT2D eigenvalue weighted by atomic mass is 79.9. The fraction of sp³-hybridized carbons (Fsp3) is 0.647.